The van der Waals surface area contributed by atoms with E-state index in [0.29, 0.717) is 13.2 Å². The van der Waals surface area contributed by atoms with Crippen LogP contribution in [-0.4, -0.2) is 37.8 Å². The quantitative estimate of drug-likeness (QED) is 0.787. The van der Waals surface area contributed by atoms with Crippen LogP contribution in [0.25, 0.3) is 0 Å². The fraction of sp³-hybridized carbons (Fsp3) is 0.500. The molecule has 0 aliphatic carbocycles. The van der Waals surface area contributed by atoms with Crippen molar-refractivity contribution in [1.29, 1.82) is 0 Å². The predicted molar refractivity (Wildman–Crippen MR) is 71.0 cm³/mol. The first-order valence-electron chi connectivity index (χ1n) is 6.50. The van der Waals surface area contributed by atoms with Crippen molar-refractivity contribution in [3.05, 3.63) is 29.8 Å². The molecule has 0 spiro atoms. The molecule has 19 heavy (non-hydrogen) atoms. The van der Waals surface area contributed by atoms with Gasteiger partial charge in [0.05, 0.1) is 12.6 Å². The highest BCUT2D eigenvalue weighted by Crippen LogP contribution is 2.15. The highest BCUT2D eigenvalue weighted by atomic mass is 19.1. The Hall–Kier alpha value is -1.62. The molecule has 0 bridgehead atoms. The predicted octanol–water partition coefficient (Wildman–Crippen LogP) is 1.19. The highest BCUT2D eigenvalue weighted by Gasteiger charge is 2.28. The van der Waals surface area contributed by atoms with E-state index >= 15 is 0 Å². The van der Waals surface area contributed by atoms with Crippen LogP contribution in [0, 0.1) is 6.92 Å². The van der Waals surface area contributed by atoms with Crippen molar-refractivity contribution in [3.63, 3.8) is 0 Å². The van der Waals surface area contributed by atoms with Crippen molar-refractivity contribution in [3.8, 4) is 5.75 Å². The number of rotatable bonds is 5. The highest BCUT2D eigenvalue weighted by molar-refractivity contribution is 5.82. The summed E-state index contributed by atoms with van der Waals surface area (Å²) in [5.41, 5.74) is 1.06. The maximum atomic E-state index is 12.9. The fourth-order valence-corrected chi connectivity index (χ4v) is 2.07. The van der Waals surface area contributed by atoms with E-state index in [-0.39, 0.29) is 18.9 Å². The van der Waals surface area contributed by atoms with Crippen LogP contribution in [0.15, 0.2) is 24.3 Å². The van der Waals surface area contributed by atoms with Gasteiger partial charge in [-0.1, -0.05) is 18.2 Å². The van der Waals surface area contributed by atoms with Crippen LogP contribution in [0.2, 0.25) is 0 Å². The van der Waals surface area contributed by atoms with Gasteiger partial charge in [0.2, 0.25) is 5.91 Å². The molecule has 2 N–H and O–H groups in total. The lowest BCUT2D eigenvalue weighted by Gasteiger charge is -2.12. The first-order valence-corrected chi connectivity index (χ1v) is 6.50. The molecule has 0 radical (unpaired) electrons. The Bertz CT molecular complexity index is 439. The average Bonchev–Trinajstić information content (AvgIpc) is 2.83. The molecule has 1 amide bonds. The Morgan fingerprint density at radius 3 is 3.00 bits per heavy atom. The molecule has 1 fully saturated rings. The number of benzene rings is 1. The molecule has 1 aliphatic rings. The molecule has 1 aliphatic heterocycles. The van der Waals surface area contributed by atoms with E-state index in [2.05, 4.69) is 10.6 Å². The lowest BCUT2D eigenvalue weighted by molar-refractivity contribution is -0.122. The van der Waals surface area contributed by atoms with Gasteiger partial charge in [-0.05, 0) is 18.6 Å². The summed E-state index contributed by atoms with van der Waals surface area (Å²) in [6.45, 7) is 3.06. The van der Waals surface area contributed by atoms with Crippen LogP contribution in [0.4, 0.5) is 4.39 Å². The van der Waals surface area contributed by atoms with E-state index in [0.717, 1.165) is 11.3 Å². The Morgan fingerprint density at radius 1 is 1.53 bits per heavy atom. The van der Waals surface area contributed by atoms with E-state index < -0.39 is 12.2 Å². The zero-order valence-corrected chi connectivity index (χ0v) is 11.0. The molecular weight excluding hydrogens is 247 g/mol. The first-order chi connectivity index (χ1) is 9.16. The third-order valence-corrected chi connectivity index (χ3v) is 3.15. The minimum atomic E-state index is -0.918. The van der Waals surface area contributed by atoms with E-state index in [9.17, 15) is 9.18 Å². The second-order valence-corrected chi connectivity index (χ2v) is 4.70. The van der Waals surface area contributed by atoms with Gasteiger partial charge in [0.1, 0.15) is 18.5 Å². The van der Waals surface area contributed by atoms with Crippen LogP contribution < -0.4 is 15.4 Å². The van der Waals surface area contributed by atoms with Crippen molar-refractivity contribution in [2.75, 3.05) is 19.7 Å². The number of carbonyl (C=O) groups is 1. The van der Waals surface area contributed by atoms with E-state index in [1.165, 1.54) is 0 Å². The van der Waals surface area contributed by atoms with Gasteiger partial charge in [-0.2, -0.15) is 0 Å². The Labute approximate surface area is 112 Å². The van der Waals surface area contributed by atoms with Gasteiger partial charge in [0.15, 0.2) is 0 Å². The molecular formula is C14H19FN2O2. The zero-order chi connectivity index (χ0) is 13.7. The summed E-state index contributed by atoms with van der Waals surface area (Å²) < 4.78 is 18.5. The van der Waals surface area contributed by atoms with Gasteiger partial charge in [0, 0.05) is 13.0 Å². The number of aryl methyl sites for hydroxylation is 1. The largest absolute Gasteiger partial charge is 0.491 e. The smallest absolute Gasteiger partial charge is 0.237 e. The lowest BCUT2D eigenvalue weighted by atomic mass is 10.2. The molecule has 0 aromatic heterocycles. The topological polar surface area (TPSA) is 50.4 Å². The third kappa shape index (κ3) is 3.92. The second kappa shape index (κ2) is 6.52. The average molecular weight is 266 g/mol. The summed E-state index contributed by atoms with van der Waals surface area (Å²) in [6, 6.07) is 7.31. The number of amides is 1. The van der Waals surface area contributed by atoms with Crippen molar-refractivity contribution >= 4 is 5.91 Å². The summed E-state index contributed by atoms with van der Waals surface area (Å²) in [6.07, 6.45) is -0.663. The summed E-state index contributed by atoms with van der Waals surface area (Å²) in [5, 5.41) is 5.59. The van der Waals surface area contributed by atoms with Crippen LogP contribution >= 0.6 is 0 Å². The maximum Gasteiger partial charge on any atom is 0.237 e. The molecule has 1 aromatic rings. The molecule has 1 heterocycles. The van der Waals surface area contributed by atoms with E-state index in [4.69, 9.17) is 4.74 Å². The molecule has 1 aromatic carbocycles. The molecule has 5 heteroatoms. The first kappa shape index (κ1) is 13.8. The van der Waals surface area contributed by atoms with Crippen molar-refractivity contribution in [2.45, 2.75) is 25.6 Å². The van der Waals surface area contributed by atoms with Gasteiger partial charge in [0.25, 0.3) is 0 Å². The number of hydrogen-bond acceptors (Lipinski definition) is 3. The number of halogens is 1. The Balaban J connectivity index is 1.67. The molecule has 2 rings (SSSR count). The third-order valence-electron chi connectivity index (χ3n) is 3.15. The Morgan fingerprint density at radius 2 is 2.32 bits per heavy atom. The Kier molecular flexibility index (Phi) is 4.74. The van der Waals surface area contributed by atoms with Crippen LogP contribution in [0.3, 0.4) is 0 Å². The minimum absolute atomic E-state index is 0.159. The molecule has 1 saturated heterocycles. The number of nitrogens with one attached hydrogen (secondary N) is 2. The standard InChI is InChI=1S/C14H19FN2O2/c1-10-4-2-3-5-13(10)19-7-6-16-14(18)12-8-11(15)9-17-12/h2-5,11-12,17H,6-9H2,1H3,(H,16,18)/t11-,12+/m0/s1. The second-order valence-electron chi connectivity index (χ2n) is 4.70. The van der Waals surface area contributed by atoms with Crippen LogP contribution in [0.5, 0.6) is 5.75 Å². The van der Waals surface area contributed by atoms with Crippen molar-refractivity contribution < 1.29 is 13.9 Å². The van der Waals surface area contributed by atoms with E-state index in [1.54, 1.807) is 0 Å². The summed E-state index contributed by atoms with van der Waals surface area (Å²) in [7, 11) is 0. The summed E-state index contributed by atoms with van der Waals surface area (Å²) in [4.78, 5) is 11.7. The number of para-hydroxylation sites is 1. The van der Waals surface area contributed by atoms with Crippen molar-refractivity contribution in [2.24, 2.45) is 0 Å². The monoisotopic (exact) mass is 266 g/mol. The SMILES string of the molecule is Cc1ccccc1OCCNC(=O)[C@H]1C[C@H](F)CN1. The fourth-order valence-electron chi connectivity index (χ4n) is 2.07. The number of alkyl halides is 1. The van der Waals surface area contributed by atoms with Gasteiger partial charge in [-0.3, -0.25) is 4.79 Å². The summed E-state index contributed by atoms with van der Waals surface area (Å²) in [5.74, 6) is 0.660. The lowest BCUT2D eigenvalue weighted by Crippen LogP contribution is -2.41. The number of ether oxygens (including phenoxy) is 1. The number of carbonyl (C=O) groups excluding carboxylic acids is 1. The van der Waals surface area contributed by atoms with Crippen molar-refractivity contribution in [1.82, 2.24) is 10.6 Å². The zero-order valence-electron chi connectivity index (χ0n) is 11.0. The summed E-state index contributed by atoms with van der Waals surface area (Å²) >= 11 is 0. The maximum absolute atomic E-state index is 12.9. The molecule has 2 atom stereocenters. The van der Waals surface area contributed by atoms with Crippen LogP contribution in [-0.2, 0) is 4.79 Å². The normalized spacial score (nSPS) is 22.2. The minimum Gasteiger partial charge on any atom is -0.491 e. The molecule has 0 unspecified atom stereocenters. The molecule has 4 nitrogen and oxygen atoms in total. The van der Waals surface area contributed by atoms with E-state index in [1.807, 2.05) is 31.2 Å². The van der Waals surface area contributed by atoms with Gasteiger partial charge < -0.3 is 15.4 Å². The molecule has 104 valence electrons. The van der Waals surface area contributed by atoms with Crippen LogP contribution in [0.1, 0.15) is 12.0 Å². The van der Waals surface area contributed by atoms with Gasteiger partial charge >= 0.3 is 0 Å². The number of hydrogen-bond donors (Lipinski definition) is 2. The van der Waals surface area contributed by atoms with Gasteiger partial charge in [-0.15, -0.1) is 0 Å². The van der Waals surface area contributed by atoms with Gasteiger partial charge in [-0.25, -0.2) is 4.39 Å². The molecule has 0 saturated carbocycles.